The predicted molar refractivity (Wildman–Crippen MR) is 85.6 cm³/mol. The fourth-order valence-corrected chi connectivity index (χ4v) is 2.47. The maximum absolute atomic E-state index is 12.5. The summed E-state index contributed by atoms with van der Waals surface area (Å²) in [5, 5.41) is 20.8. The zero-order valence-electron chi connectivity index (χ0n) is 12.7. The van der Waals surface area contributed by atoms with Crippen molar-refractivity contribution in [2.24, 2.45) is 0 Å². The molecule has 0 aliphatic carbocycles. The van der Waals surface area contributed by atoms with Crippen LogP contribution in [0.15, 0.2) is 42.0 Å². The lowest BCUT2D eigenvalue weighted by atomic mass is 9.98. The van der Waals surface area contributed by atoms with Crippen molar-refractivity contribution in [3.8, 4) is 17.2 Å². The molecule has 24 heavy (non-hydrogen) atoms. The molecule has 0 atom stereocenters. The molecule has 7 heteroatoms. The monoisotopic (exact) mass is 327 g/mol. The molecule has 0 bridgehead atoms. The number of carbonyl (C=O) groups excluding carboxylic acids is 1. The highest BCUT2D eigenvalue weighted by Crippen LogP contribution is 2.38. The number of nitrogens with zero attached hydrogens (tertiary/aromatic N) is 1. The molecule has 0 saturated heterocycles. The van der Waals surface area contributed by atoms with Crippen LogP contribution >= 0.6 is 0 Å². The number of hydrogen-bond acceptors (Lipinski definition) is 6. The molecule has 0 radical (unpaired) electrons. The van der Waals surface area contributed by atoms with E-state index in [4.69, 9.17) is 9.47 Å². The molecule has 0 amide bonds. The average Bonchev–Trinajstić information content (AvgIpc) is 2.58. The highest BCUT2D eigenvalue weighted by molar-refractivity contribution is 6.14. The Labute approximate surface area is 136 Å². The van der Waals surface area contributed by atoms with Crippen LogP contribution in [0.1, 0.15) is 15.9 Å². The van der Waals surface area contributed by atoms with E-state index in [0.717, 1.165) is 0 Å². The topological polar surface area (TPSA) is 98.9 Å². The van der Waals surface area contributed by atoms with Gasteiger partial charge >= 0.3 is 5.69 Å². The quantitative estimate of drug-likeness (QED) is 0.528. The van der Waals surface area contributed by atoms with Crippen molar-refractivity contribution < 1.29 is 24.3 Å². The minimum Gasteiger partial charge on any atom is -0.500 e. The number of aromatic hydroxyl groups is 1. The second-order valence-corrected chi connectivity index (χ2v) is 5.13. The highest BCUT2D eigenvalue weighted by atomic mass is 16.6. The second kappa shape index (κ2) is 6.04. The third-order valence-electron chi connectivity index (χ3n) is 3.64. The van der Waals surface area contributed by atoms with Crippen molar-refractivity contribution in [1.29, 1.82) is 0 Å². The summed E-state index contributed by atoms with van der Waals surface area (Å²) in [6.07, 6.45) is 1.49. The van der Waals surface area contributed by atoms with Crippen LogP contribution in [0.2, 0.25) is 0 Å². The minimum absolute atomic E-state index is 0.0411. The Hall–Kier alpha value is -3.35. The molecule has 122 valence electrons. The highest BCUT2D eigenvalue weighted by Gasteiger charge is 2.24. The number of methoxy groups -OCH3 is 1. The van der Waals surface area contributed by atoms with Crippen molar-refractivity contribution in [1.82, 2.24) is 0 Å². The van der Waals surface area contributed by atoms with Gasteiger partial charge in [0.1, 0.15) is 12.4 Å². The molecular weight excluding hydrogens is 314 g/mol. The van der Waals surface area contributed by atoms with E-state index in [1.54, 1.807) is 24.3 Å². The van der Waals surface area contributed by atoms with Gasteiger partial charge in [-0.15, -0.1) is 0 Å². The molecule has 3 rings (SSSR count). The number of ketones is 1. The van der Waals surface area contributed by atoms with Crippen molar-refractivity contribution in [3.05, 3.63) is 63.2 Å². The molecule has 0 aromatic heterocycles. The molecule has 0 spiro atoms. The van der Waals surface area contributed by atoms with Crippen molar-refractivity contribution in [3.63, 3.8) is 0 Å². The van der Waals surface area contributed by atoms with Crippen LogP contribution in [0.3, 0.4) is 0 Å². The maximum Gasteiger partial charge on any atom is 0.315 e. The second-order valence-electron chi connectivity index (χ2n) is 5.13. The van der Waals surface area contributed by atoms with Gasteiger partial charge in [0, 0.05) is 11.6 Å². The lowest BCUT2D eigenvalue weighted by molar-refractivity contribution is -0.386. The number of Topliss-reactive ketones (excluding diaryl/α,β-unsaturated/α-hetero) is 1. The smallest absolute Gasteiger partial charge is 0.315 e. The molecule has 1 N–H and O–H groups in total. The Bertz CT molecular complexity index is 871. The zero-order chi connectivity index (χ0) is 17.3. The zero-order valence-corrected chi connectivity index (χ0v) is 12.7. The van der Waals surface area contributed by atoms with Crippen LogP contribution in [0.4, 0.5) is 5.69 Å². The number of benzene rings is 2. The van der Waals surface area contributed by atoms with Crippen LogP contribution < -0.4 is 9.47 Å². The van der Waals surface area contributed by atoms with E-state index in [1.807, 2.05) is 0 Å². The summed E-state index contributed by atoms with van der Waals surface area (Å²) in [5.74, 6) is -0.290. The molecule has 1 aliphatic rings. The summed E-state index contributed by atoms with van der Waals surface area (Å²) in [6, 6.07) is 9.47. The van der Waals surface area contributed by atoms with Crippen LogP contribution in [0, 0.1) is 10.1 Å². The van der Waals surface area contributed by atoms with Gasteiger partial charge in [-0.2, -0.15) is 0 Å². The Kier molecular flexibility index (Phi) is 3.91. The molecule has 2 aromatic rings. The number of nitro groups is 1. The molecule has 0 unspecified atom stereocenters. The van der Waals surface area contributed by atoms with Crippen molar-refractivity contribution in [2.45, 2.75) is 0 Å². The fraction of sp³-hybridized carbons (Fsp3) is 0.118. The minimum atomic E-state index is -0.714. The number of phenols is 1. The van der Waals surface area contributed by atoms with Gasteiger partial charge in [-0.3, -0.25) is 14.9 Å². The summed E-state index contributed by atoms with van der Waals surface area (Å²) in [4.78, 5) is 22.8. The number of para-hydroxylation sites is 1. The third kappa shape index (κ3) is 2.67. The Morgan fingerprint density at radius 3 is 2.79 bits per heavy atom. The Morgan fingerprint density at radius 2 is 2.08 bits per heavy atom. The average molecular weight is 327 g/mol. The molecule has 7 nitrogen and oxygen atoms in total. The summed E-state index contributed by atoms with van der Waals surface area (Å²) in [6.45, 7) is 0.0623. The van der Waals surface area contributed by atoms with E-state index in [0.29, 0.717) is 22.4 Å². The standard InChI is InChI=1S/C17H13NO6/c1-23-15-8-10(7-13(17(15)20)18(21)22)6-11-9-24-14-5-3-2-4-12(14)16(11)19/h2-8,20H,9H2,1H3/b11-6-. The normalized spacial score (nSPS) is 14.9. The van der Waals surface area contributed by atoms with E-state index in [1.165, 1.54) is 25.3 Å². The number of carbonyl (C=O) groups is 1. The van der Waals surface area contributed by atoms with E-state index in [2.05, 4.69) is 0 Å². The fourth-order valence-electron chi connectivity index (χ4n) is 2.47. The number of phenolic OH excluding ortho intramolecular Hbond substituents is 1. The summed E-state index contributed by atoms with van der Waals surface area (Å²) in [5.41, 5.74) is 0.666. The number of hydrogen-bond donors (Lipinski definition) is 1. The molecule has 0 fully saturated rings. The van der Waals surface area contributed by atoms with Gasteiger partial charge in [-0.25, -0.2) is 0 Å². The van der Waals surface area contributed by atoms with E-state index in [-0.39, 0.29) is 18.1 Å². The number of rotatable bonds is 3. The molecule has 1 heterocycles. The van der Waals surface area contributed by atoms with Crippen LogP contribution in [-0.4, -0.2) is 29.5 Å². The molecular formula is C17H13NO6. The lowest BCUT2D eigenvalue weighted by Crippen LogP contribution is -2.18. The third-order valence-corrected chi connectivity index (χ3v) is 3.64. The van der Waals surface area contributed by atoms with Gasteiger partial charge in [-0.1, -0.05) is 12.1 Å². The predicted octanol–water partition coefficient (Wildman–Crippen LogP) is 2.97. The van der Waals surface area contributed by atoms with Crippen molar-refractivity contribution in [2.75, 3.05) is 13.7 Å². The Morgan fingerprint density at radius 1 is 1.33 bits per heavy atom. The van der Waals surface area contributed by atoms with E-state index in [9.17, 15) is 20.0 Å². The van der Waals surface area contributed by atoms with Crippen LogP contribution in [0.25, 0.3) is 6.08 Å². The van der Waals surface area contributed by atoms with Gasteiger partial charge in [-0.05, 0) is 29.8 Å². The first-order valence-electron chi connectivity index (χ1n) is 7.03. The first-order valence-corrected chi connectivity index (χ1v) is 7.03. The first-order chi connectivity index (χ1) is 11.5. The summed E-state index contributed by atoms with van der Waals surface area (Å²) < 4.78 is 10.5. The number of fused-ring (bicyclic) bond motifs is 1. The number of nitro benzene ring substituents is 1. The summed E-state index contributed by atoms with van der Waals surface area (Å²) in [7, 11) is 1.29. The van der Waals surface area contributed by atoms with Crippen LogP contribution in [-0.2, 0) is 0 Å². The SMILES string of the molecule is COc1cc(/C=C2/COc3ccccc3C2=O)cc([N+](=O)[O-])c1O. The van der Waals surface area contributed by atoms with E-state index < -0.39 is 16.4 Å². The van der Waals surface area contributed by atoms with Crippen molar-refractivity contribution >= 4 is 17.5 Å². The molecule has 1 aliphatic heterocycles. The van der Waals surface area contributed by atoms with Gasteiger partial charge in [0.15, 0.2) is 11.5 Å². The Balaban J connectivity index is 2.05. The number of ether oxygens (including phenoxy) is 2. The van der Waals surface area contributed by atoms with Gasteiger partial charge in [0.05, 0.1) is 17.6 Å². The summed E-state index contributed by atoms with van der Waals surface area (Å²) >= 11 is 0. The largest absolute Gasteiger partial charge is 0.500 e. The maximum atomic E-state index is 12.5. The first kappa shape index (κ1) is 15.5. The van der Waals surface area contributed by atoms with E-state index >= 15 is 0 Å². The van der Waals surface area contributed by atoms with Crippen LogP contribution in [0.5, 0.6) is 17.2 Å². The van der Waals surface area contributed by atoms with Gasteiger partial charge in [0.2, 0.25) is 5.75 Å². The van der Waals surface area contributed by atoms with Gasteiger partial charge < -0.3 is 14.6 Å². The molecule has 2 aromatic carbocycles. The lowest BCUT2D eigenvalue weighted by Gasteiger charge is -2.18. The molecule has 0 saturated carbocycles. The van der Waals surface area contributed by atoms with Gasteiger partial charge in [0.25, 0.3) is 0 Å².